The normalized spacial score (nSPS) is 18.0. The molecule has 1 aliphatic rings. The van der Waals surface area contributed by atoms with Crippen molar-refractivity contribution in [3.8, 4) is 0 Å². The van der Waals surface area contributed by atoms with Crippen LogP contribution in [0, 0.1) is 0 Å². The number of amides is 1. The minimum atomic E-state index is -0.663. The fourth-order valence-corrected chi connectivity index (χ4v) is 3.02. The predicted molar refractivity (Wildman–Crippen MR) is 80.6 cm³/mol. The summed E-state index contributed by atoms with van der Waals surface area (Å²) < 4.78 is 0. The second kappa shape index (κ2) is 5.35. The molecule has 0 aliphatic carbocycles. The van der Waals surface area contributed by atoms with Crippen LogP contribution in [0.15, 0.2) is 53.1 Å². The van der Waals surface area contributed by atoms with E-state index in [2.05, 4.69) is 5.32 Å². The van der Waals surface area contributed by atoms with Gasteiger partial charge in [-0.3, -0.25) is 9.59 Å². The lowest BCUT2D eigenvalue weighted by atomic mass is 9.96. The summed E-state index contributed by atoms with van der Waals surface area (Å²) in [6.07, 6.45) is 0. The third kappa shape index (κ3) is 2.46. The van der Waals surface area contributed by atoms with Gasteiger partial charge >= 0.3 is 0 Å². The standard InChI is InChI=1S/C15H10ClNO3S/c16-9-5-3-8(4-6-9)12-11(14(19)15(20)17-12)13(18)10-2-1-7-21-10/h1-7,12,19H,(H,17,20)/t12-/m1/s1. The largest absolute Gasteiger partial charge is 0.503 e. The molecule has 1 aliphatic heterocycles. The Hall–Kier alpha value is -2.11. The zero-order valence-corrected chi connectivity index (χ0v) is 12.2. The molecule has 0 radical (unpaired) electrons. The fraction of sp³-hybridized carbons (Fsp3) is 0.0667. The molecular formula is C15H10ClNO3S. The van der Waals surface area contributed by atoms with Gasteiger partial charge in [0.15, 0.2) is 5.76 Å². The Labute approximate surface area is 129 Å². The molecule has 0 unspecified atom stereocenters. The maximum atomic E-state index is 12.5. The van der Waals surface area contributed by atoms with Crippen LogP contribution in [0.4, 0.5) is 0 Å². The second-order valence-electron chi connectivity index (χ2n) is 4.53. The maximum Gasteiger partial charge on any atom is 0.287 e. The molecule has 2 heterocycles. The first-order valence-corrected chi connectivity index (χ1v) is 7.41. The highest BCUT2D eigenvalue weighted by Gasteiger charge is 2.37. The number of halogens is 1. The number of benzene rings is 1. The zero-order chi connectivity index (χ0) is 15.0. The Morgan fingerprint density at radius 2 is 1.95 bits per heavy atom. The van der Waals surface area contributed by atoms with Crippen LogP contribution < -0.4 is 5.32 Å². The van der Waals surface area contributed by atoms with E-state index in [-0.39, 0.29) is 11.4 Å². The zero-order valence-electron chi connectivity index (χ0n) is 10.7. The topological polar surface area (TPSA) is 66.4 Å². The SMILES string of the molecule is O=C1N[C@H](c2ccc(Cl)cc2)C(C(=O)c2cccs2)=C1O. The molecule has 106 valence electrons. The van der Waals surface area contributed by atoms with Gasteiger partial charge in [-0.1, -0.05) is 29.8 Å². The van der Waals surface area contributed by atoms with Gasteiger partial charge in [-0.15, -0.1) is 11.3 Å². The van der Waals surface area contributed by atoms with Gasteiger partial charge in [0.05, 0.1) is 16.5 Å². The number of aliphatic hydroxyl groups is 1. The molecule has 4 nitrogen and oxygen atoms in total. The monoisotopic (exact) mass is 319 g/mol. The summed E-state index contributed by atoms with van der Waals surface area (Å²) >= 11 is 7.11. The number of Topliss-reactive ketones (excluding diaryl/α,β-unsaturated/α-hetero) is 1. The highest BCUT2D eigenvalue weighted by Crippen LogP contribution is 2.33. The lowest BCUT2D eigenvalue weighted by molar-refractivity contribution is -0.119. The number of aliphatic hydroxyl groups excluding tert-OH is 1. The average molecular weight is 320 g/mol. The van der Waals surface area contributed by atoms with Crippen LogP contribution >= 0.6 is 22.9 Å². The molecule has 1 atom stereocenters. The molecule has 1 amide bonds. The van der Waals surface area contributed by atoms with Gasteiger partial charge in [-0.05, 0) is 29.1 Å². The predicted octanol–water partition coefficient (Wildman–Crippen LogP) is 3.27. The molecule has 6 heteroatoms. The summed E-state index contributed by atoms with van der Waals surface area (Å²) in [6.45, 7) is 0. The smallest absolute Gasteiger partial charge is 0.287 e. The molecule has 1 aromatic carbocycles. The summed E-state index contributed by atoms with van der Waals surface area (Å²) in [5, 5.41) is 14.9. The van der Waals surface area contributed by atoms with E-state index in [1.807, 2.05) is 0 Å². The molecular weight excluding hydrogens is 310 g/mol. The Bertz CT molecular complexity index is 735. The van der Waals surface area contributed by atoms with Crippen LogP contribution in [0.3, 0.4) is 0 Å². The molecule has 0 saturated carbocycles. The summed E-state index contributed by atoms with van der Waals surface area (Å²) in [6, 6.07) is 9.52. The number of carbonyl (C=O) groups excluding carboxylic acids is 2. The van der Waals surface area contributed by atoms with Gasteiger partial charge in [-0.25, -0.2) is 0 Å². The van der Waals surface area contributed by atoms with E-state index in [0.29, 0.717) is 15.5 Å². The first kappa shape index (κ1) is 13.9. The van der Waals surface area contributed by atoms with E-state index < -0.39 is 17.7 Å². The number of carbonyl (C=O) groups is 2. The van der Waals surface area contributed by atoms with Crippen molar-refractivity contribution < 1.29 is 14.7 Å². The van der Waals surface area contributed by atoms with Crippen molar-refractivity contribution in [2.24, 2.45) is 0 Å². The summed E-state index contributed by atoms with van der Waals surface area (Å²) in [5.74, 6) is -1.51. The van der Waals surface area contributed by atoms with Crippen LogP contribution in [0.5, 0.6) is 0 Å². The van der Waals surface area contributed by atoms with Crippen molar-refractivity contribution >= 4 is 34.6 Å². The van der Waals surface area contributed by atoms with Crippen molar-refractivity contribution in [2.75, 3.05) is 0 Å². The number of rotatable bonds is 3. The van der Waals surface area contributed by atoms with Crippen molar-refractivity contribution in [3.05, 3.63) is 68.6 Å². The molecule has 2 N–H and O–H groups in total. The maximum absolute atomic E-state index is 12.5. The second-order valence-corrected chi connectivity index (χ2v) is 5.91. The molecule has 3 rings (SSSR count). The molecule has 0 spiro atoms. The highest BCUT2D eigenvalue weighted by atomic mass is 35.5. The van der Waals surface area contributed by atoms with E-state index in [0.717, 1.165) is 0 Å². The number of hydrogen-bond donors (Lipinski definition) is 2. The molecule has 1 aromatic heterocycles. The van der Waals surface area contributed by atoms with Crippen LogP contribution in [-0.2, 0) is 4.79 Å². The van der Waals surface area contributed by atoms with Crippen molar-refractivity contribution in [1.29, 1.82) is 0 Å². The average Bonchev–Trinajstić information content (AvgIpc) is 3.09. The molecule has 2 aromatic rings. The minimum absolute atomic E-state index is 0.0739. The van der Waals surface area contributed by atoms with Crippen LogP contribution in [0.25, 0.3) is 0 Å². The lowest BCUT2D eigenvalue weighted by Gasteiger charge is -2.14. The Morgan fingerprint density at radius 1 is 1.24 bits per heavy atom. The Morgan fingerprint density at radius 3 is 2.57 bits per heavy atom. The van der Waals surface area contributed by atoms with Gasteiger partial charge in [-0.2, -0.15) is 0 Å². The van der Waals surface area contributed by atoms with Crippen molar-refractivity contribution in [1.82, 2.24) is 5.32 Å². The van der Waals surface area contributed by atoms with Crippen molar-refractivity contribution in [3.63, 3.8) is 0 Å². The van der Waals surface area contributed by atoms with Gasteiger partial charge in [0.1, 0.15) is 0 Å². The third-order valence-corrected chi connectivity index (χ3v) is 4.35. The van der Waals surface area contributed by atoms with E-state index in [9.17, 15) is 14.7 Å². The van der Waals surface area contributed by atoms with Gasteiger partial charge in [0, 0.05) is 5.02 Å². The van der Waals surface area contributed by atoms with Crippen molar-refractivity contribution in [2.45, 2.75) is 6.04 Å². The highest BCUT2D eigenvalue weighted by molar-refractivity contribution is 7.12. The molecule has 0 saturated heterocycles. The van der Waals surface area contributed by atoms with Gasteiger partial charge < -0.3 is 10.4 Å². The van der Waals surface area contributed by atoms with E-state index >= 15 is 0 Å². The van der Waals surface area contributed by atoms with Crippen LogP contribution in [0.1, 0.15) is 21.3 Å². The molecule has 0 fully saturated rings. The first-order valence-electron chi connectivity index (χ1n) is 6.15. The Balaban J connectivity index is 2.03. The van der Waals surface area contributed by atoms with Gasteiger partial charge in [0.2, 0.25) is 5.78 Å². The van der Waals surface area contributed by atoms with E-state index in [1.165, 1.54) is 11.3 Å². The number of ketones is 1. The first-order chi connectivity index (χ1) is 10.1. The van der Waals surface area contributed by atoms with Gasteiger partial charge in [0.25, 0.3) is 5.91 Å². The van der Waals surface area contributed by atoms with Crippen LogP contribution in [-0.4, -0.2) is 16.8 Å². The van der Waals surface area contributed by atoms with E-state index in [1.54, 1.807) is 41.8 Å². The Kier molecular flexibility index (Phi) is 3.53. The lowest BCUT2D eigenvalue weighted by Crippen LogP contribution is -2.23. The third-order valence-electron chi connectivity index (χ3n) is 3.23. The number of hydrogen-bond acceptors (Lipinski definition) is 4. The number of nitrogens with one attached hydrogen (secondary N) is 1. The minimum Gasteiger partial charge on any atom is -0.503 e. The summed E-state index contributed by atoms with van der Waals surface area (Å²) in [5.41, 5.74) is 0.765. The molecule has 21 heavy (non-hydrogen) atoms. The van der Waals surface area contributed by atoms with E-state index in [4.69, 9.17) is 11.6 Å². The fourth-order valence-electron chi connectivity index (χ4n) is 2.22. The van der Waals surface area contributed by atoms with Crippen LogP contribution in [0.2, 0.25) is 5.02 Å². The summed E-state index contributed by atoms with van der Waals surface area (Å²) in [4.78, 5) is 24.7. The molecule has 0 bridgehead atoms. The summed E-state index contributed by atoms with van der Waals surface area (Å²) in [7, 11) is 0. The quantitative estimate of drug-likeness (QED) is 0.853. The number of thiophene rings is 1.